The molecule has 3 rings (SSSR count). The Labute approximate surface area is 122 Å². The molecule has 20 heavy (non-hydrogen) atoms. The van der Waals surface area contributed by atoms with Crippen LogP contribution in [-0.2, 0) is 6.61 Å². The van der Waals surface area contributed by atoms with Gasteiger partial charge in [0.2, 0.25) is 0 Å². The molecule has 0 fully saturated rings. The van der Waals surface area contributed by atoms with Crippen molar-refractivity contribution >= 4 is 11.6 Å². The molecular weight excluding hydrogens is 272 g/mol. The highest BCUT2D eigenvalue weighted by Crippen LogP contribution is 2.19. The summed E-state index contributed by atoms with van der Waals surface area (Å²) >= 11 is 6.09. The summed E-state index contributed by atoms with van der Waals surface area (Å²) in [6.45, 7) is 0.431. The Morgan fingerprint density at radius 1 is 1.00 bits per heavy atom. The summed E-state index contributed by atoms with van der Waals surface area (Å²) in [5.74, 6) is 0.716. The zero-order valence-corrected chi connectivity index (χ0v) is 11.5. The van der Waals surface area contributed by atoms with Crippen LogP contribution >= 0.6 is 11.6 Å². The number of nitrogens with zero attached hydrogens (tertiary/aromatic N) is 2. The van der Waals surface area contributed by atoms with E-state index in [1.54, 1.807) is 10.9 Å². The molecule has 3 aromatic rings. The summed E-state index contributed by atoms with van der Waals surface area (Å²) < 4.78 is 7.49. The van der Waals surface area contributed by atoms with Crippen LogP contribution in [0.15, 0.2) is 67.0 Å². The van der Waals surface area contributed by atoms with E-state index in [-0.39, 0.29) is 0 Å². The lowest BCUT2D eigenvalue weighted by Gasteiger charge is -2.05. The molecule has 0 saturated carbocycles. The van der Waals surface area contributed by atoms with E-state index in [1.807, 2.05) is 60.8 Å². The Kier molecular flexibility index (Phi) is 3.70. The molecular formula is C16H13ClN2O. The molecule has 0 bridgehead atoms. The van der Waals surface area contributed by atoms with Crippen molar-refractivity contribution in [1.29, 1.82) is 0 Å². The number of rotatable bonds is 4. The SMILES string of the molecule is Clc1ccccc1COc1cnn(-c2ccccc2)c1. The molecule has 2 aromatic carbocycles. The van der Waals surface area contributed by atoms with E-state index < -0.39 is 0 Å². The Hall–Kier alpha value is -2.26. The fourth-order valence-corrected chi connectivity index (χ4v) is 2.07. The minimum atomic E-state index is 0.431. The van der Waals surface area contributed by atoms with Gasteiger partial charge in [-0.1, -0.05) is 48.0 Å². The summed E-state index contributed by atoms with van der Waals surface area (Å²) in [5, 5.41) is 4.99. The first kappa shape index (κ1) is 12.8. The number of benzene rings is 2. The highest BCUT2D eigenvalue weighted by Gasteiger charge is 2.03. The minimum absolute atomic E-state index is 0.431. The average molecular weight is 285 g/mol. The van der Waals surface area contributed by atoms with E-state index in [4.69, 9.17) is 16.3 Å². The fourth-order valence-electron chi connectivity index (χ4n) is 1.88. The van der Waals surface area contributed by atoms with E-state index in [0.29, 0.717) is 17.4 Å². The van der Waals surface area contributed by atoms with Gasteiger partial charge in [0.25, 0.3) is 0 Å². The molecule has 0 spiro atoms. The maximum absolute atomic E-state index is 6.09. The lowest BCUT2D eigenvalue weighted by Crippen LogP contribution is -1.95. The maximum atomic E-state index is 6.09. The largest absolute Gasteiger partial charge is 0.486 e. The second-order valence-corrected chi connectivity index (χ2v) is 4.74. The number of hydrogen-bond acceptors (Lipinski definition) is 2. The first-order chi connectivity index (χ1) is 9.83. The van der Waals surface area contributed by atoms with E-state index in [1.165, 1.54) is 0 Å². The van der Waals surface area contributed by atoms with Crippen molar-refractivity contribution in [1.82, 2.24) is 9.78 Å². The van der Waals surface area contributed by atoms with Crippen LogP contribution in [0.5, 0.6) is 5.75 Å². The molecule has 0 aliphatic heterocycles. The van der Waals surface area contributed by atoms with E-state index >= 15 is 0 Å². The number of halogens is 1. The molecule has 4 heteroatoms. The Bertz CT molecular complexity index is 694. The van der Waals surface area contributed by atoms with Crippen LogP contribution in [0.4, 0.5) is 0 Å². The number of para-hydroxylation sites is 1. The maximum Gasteiger partial charge on any atom is 0.158 e. The zero-order chi connectivity index (χ0) is 13.8. The van der Waals surface area contributed by atoms with Crippen LogP contribution in [-0.4, -0.2) is 9.78 Å². The molecule has 0 radical (unpaired) electrons. The van der Waals surface area contributed by atoms with Crippen molar-refractivity contribution in [2.45, 2.75) is 6.61 Å². The van der Waals surface area contributed by atoms with Crippen molar-refractivity contribution in [3.8, 4) is 11.4 Å². The quantitative estimate of drug-likeness (QED) is 0.721. The third kappa shape index (κ3) is 2.83. The van der Waals surface area contributed by atoms with Gasteiger partial charge in [0.15, 0.2) is 5.75 Å². The van der Waals surface area contributed by atoms with Gasteiger partial charge in [-0.15, -0.1) is 0 Å². The number of hydrogen-bond donors (Lipinski definition) is 0. The molecule has 0 N–H and O–H groups in total. The summed E-state index contributed by atoms with van der Waals surface area (Å²) in [6.07, 6.45) is 3.55. The van der Waals surface area contributed by atoms with Crippen LogP contribution in [0.25, 0.3) is 5.69 Å². The average Bonchev–Trinajstić information content (AvgIpc) is 2.96. The van der Waals surface area contributed by atoms with Crippen molar-refractivity contribution in [2.24, 2.45) is 0 Å². The summed E-state index contributed by atoms with van der Waals surface area (Å²) in [5.41, 5.74) is 1.96. The monoisotopic (exact) mass is 284 g/mol. The Morgan fingerprint density at radius 3 is 2.55 bits per heavy atom. The zero-order valence-electron chi connectivity index (χ0n) is 10.7. The first-order valence-electron chi connectivity index (χ1n) is 6.29. The van der Waals surface area contributed by atoms with E-state index in [0.717, 1.165) is 11.3 Å². The molecule has 0 aliphatic rings. The van der Waals surface area contributed by atoms with Crippen molar-refractivity contribution in [2.75, 3.05) is 0 Å². The third-order valence-corrected chi connectivity index (χ3v) is 3.30. The topological polar surface area (TPSA) is 27.1 Å². The molecule has 0 unspecified atom stereocenters. The lowest BCUT2D eigenvalue weighted by molar-refractivity contribution is 0.306. The fraction of sp³-hybridized carbons (Fsp3) is 0.0625. The van der Waals surface area contributed by atoms with Crippen LogP contribution in [0.3, 0.4) is 0 Å². The van der Waals surface area contributed by atoms with Gasteiger partial charge in [-0.2, -0.15) is 5.10 Å². The molecule has 0 aliphatic carbocycles. The smallest absolute Gasteiger partial charge is 0.158 e. The predicted molar refractivity (Wildman–Crippen MR) is 79.3 cm³/mol. The van der Waals surface area contributed by atoms with Gasteiger partial charge in [0, 0.05) is 10.6 Å². The molecule has 0 saturated heterocycles. The van der Waals surface area contributed by atoms with Crippen molar-refractivity contribution < 1.29 is 4.74 Å². The Morgan fingerprint density at radius 2 is 1.75 bits per heavy atom. The van der Waals surface area contributed by atoms with Crippen LogP contribution < -0.4 is 4.74 Å². The van der Waals surface area contributed by atoms with Gasteiger partial charge in [0.05, 0.1) is 18.1 Å². The highest BCUT2D eigenvalue weighted by atomic mass is 35.5. The lowest BCUT2D eigenvalue weighted by atomic mass is 10.2. The standard InChI is InChI=1S/C16H13ClN2O/c17-16-9-5-4-6-13(16)12-20-15-10-18-19(11-15)14-7-2-1-3-8-14/h1-11H,12H2. The number of aromatic nitrogens is 2. The minimum Gasteiger partial charge on any atom is -0.486 e. The summed E-state index contributed by atoms with van der Waals surface area (Å²) in [7, 11) is 0. The summed E-state index contributed by atoms with van der Waals surface area (Å²) in [6, 6.07) is 17.6. The molecule has 0 atom stereocenters. The first-order valence-corrected chi connectivity index (χ1v) is 6.67. The highest BCUT2D eigenvalue weighted by molar-refractivity contribution is 6.31. The predicted octanol–water partition coefficient (Wildman–Crippen LogP) is 4.10. The normalized spacial score (nSPS) is 10.4. The van der Waals surface area contributed by atoms with Crippen LogP contribution in [0, 0.1) is 0 Å². The van der Waals surface area contributed by atoms with Gasteiger partial charge in [0.1, 0.15) is 6.61 Å². The summed E-state index contributed by atoms with van der Waals surface area (Å²) in [4.78, 5) is 0. The van der Waals surface area contributed by atoms with E-state index in [2.05, 4.69) is 5.10 Å². The van der Waals surface area contributed by atoms with Crippen LogP contribution in [0.1, 0.15) is 5.56 Å². The molecule has 100 valence electrons. The number of ether oxygens (including phenoxy) is 1. The van der Waals surface area contributed by atoms with Crippen molar-refractivity contribution in [3.63, 3.8) is 0 Å². The molecule has 0 amide bonds. The van der Waals surface area contributed by atoms with E-state index in [9.17, 15) is 0 Å². The third-order valence-electron chi connectivity index (χ3n) is 2.93. The molecule has 1 aromatic heterocycles. The van der Waals surface area contributed by atoms with Gasteiger partial charge in [-0.3, -0.25) is 0 Å². The molecule has 1 heterocycles. The van der Waals surface area contributed by atoms with Gasteiger partial charge in [-0.25, -0.2) is 4.68 Å². The second-order valence-electron chi connectivity index (χ2n) is 4.34. The van der Waals surface area contributed by atoms with Gasteiger partial charge < -0.3 is 4.74 Å². The second kappa shape index (κ2) is 5.80. The van der Waals surface area contributed by atoms with Gasteiger partial charge >= 0.3 is 0 Å². The van der Waals surface area contributed by atoms with Crippen molar-refractivity contribution in [3.05, 3.63) is 77.6 Å². The molecule has 3 nitrogen and oxygen atoms in total. The van der Waals surface area contributed by atoms with Crippen LogP contribution in [0.2, 0.25) is 5.02 Å². The Balaban J connectivity index is 1.71. The van der Waals surface area contributed by atoms with Gasteiger partial charge in [-0.05, 0) is 18.2 Å².